The zero-order valence-corrected chi connectivity index (χ0v) is 9.04. The number of nitrogens with two attached hydrogens (primary N) is 1. The number of nitrogen functional groups attached to an aromatic ring is 1. The van der Waals surface area contributed by atoms with Crippen molar-refractivity contribution < 1.29 is 19.4 Å². The van der Waals surface area contributed by atoms with E-state index in [0.29, 0.717) is 18.2 Å². The molecule has 0 spiro atoms. The van der Waals surface area contributed by atoms with Crippen LogP contribution in [0.4, 0.5) is 5.00 Å². The molecular formula is C8H12N2O4S. The summed E-state index contributed by atoms with van der Waals surface area (Å²) < 4.78 is 9.97. The summed E-state index contributed by atoms with van der Waals surface area (Å²) in [4.78, 5) is 14.4. The fourth-order valence-electron chi connectivity index (χ4n) is 0.895. The highest BCUT2D eigenvalue weighted by molar-refractivity contribution is 7.15. The third kappa shape index (κ3) is 3.46. The van der Waals surface area contributed by atoms with Crippen LogP contribution in [0.3, 0.4) is 0 Å². The van der Waals surface area contributed by atoms with E-state index in [4.69, 9.17) is 20.3 Å². The van der Waals surface area contributed by atoms with E-state index in [1.54, 1.807) is 7.11 Å². The van der Waals surface area contributed by atoms with E-state index in [9.17, 15) is 4.79 Å². The van der Waals surface area contributed by atoms with Crippen molar-refractivity contribution in [3.05, 3.63) is 10.7 Å². The quantitative estimate of drug-likeness (QED) is 0.697. The Hall–Kier alpha value is -1.18. The van der Waals surface area contributed by atoms with Gasteiger partial charge in [0.1, 0.15) is 10.0 Å². The number of methoxy groups -OCH3 is 1. The molecule has 3 N–H and O–H groups in total. The number of anilines is 1. The van der Waals surface area contributed by atoms with E-state index in [2.05, 4.69) is 4.98 Å². The highest BCUT2D eigenvalue weighted by atomic mass is 32.1. The Bertz CT molecular complexity index is 339. The van der Waals surface area contributed by atoms with E-state index in [0.717, 1.165) is 11.3 Å². The number of nitrogens with zero attached hydrogens (tertiary/aromatic N) is 1. The van der Waals surface area contributed by atoms with Gasteiger partial charge in [-0.25, -0.2) is 9.78 Å². The smallest absolute Gasteiger partial charge is 0.357 e. The molecule has 1 rings (SSSR count). The van der Waals surface area contributed by atoms with Gasteiger partial charge in [-0.15, -0.1) is 0 Å². The zero-order chi connectivity index (χ0) is 11.3. The maximum absolute atomic E-state index is 10.6. The number of thiazole rings is 1. The lowest BCUT2D eigenvalue weighted by Crippen LogP contribution is -2.03. The van der Waals surface area contributed by atoms with Gasteiger partial charge in [-0.2, -0.15) is 0 Å². The van der Waals surface area contributed by atoms with Gasteiger partial charge in [0.2, 0.25) is 0 Å². The second-order valence-electron chi connectivity index (χ2n) is 2.67. The Kier molecular flexibility index (Phi) is 4.47. The first-order valence-electron chi connectivity index (χ1n) is 4.20. The van der Waals surface area contributed by atoms with Crippen LogP contribution in [0, 0.1) is 0 Å². The van der Waals surface area contributed by atoms with Crippen LogP contribution in [0.2, 0.25) is 0 Å². The second kappa shape index (κ2) is 5.64. The molecule has 0 amide bonds. The summed E-state index contributed by atoms with van der Waals surface area (Å²) in [6.07, 6.45) is 0. The molecule has 0 saturated heterocycles. The molecule has 0 aromatic carbocycles. The number of rotatable bonds is 6. The summed E-state index contributed by atoms with van der Waals surface area (Å²) in [7, 11) is 1.58. The molecule has 1 aromatic heterocycles. The van der Waals surface area contributed by atoms with Crippen LogP contribution >= 0.6 is 11.3 Å². The molecule has 1 heterocycles. The van der Waals surface area contributed by atoms with Gasteiger partial charge in [-0.1, -0.05) is 11.3 Å². The second-order valence-corrected chi connectivity index (χ2v) is 3.79. The lowest BCUT2D eigenvalue weighted by atomic mass is 10.5. The normalized spacial score (nSPS) is 10.5. The van der Waals surface area contributed by atoms with Crippen LogP contribution < -0.4 is 5.73 Å². The number of aromatic carboxylic acids is 1. The monoisotopic (exact) mass is 232 g/mol. The predicted molar refractivity (Wildman–Crippen MR) is 55.0 cm³/mol. The van der Waals surface area contributed by atoms with Crippen LogP contribution in [0.15, 0.2) is 0 Å². The molecule has 15 heavy (non-hydrogen) atoms. The molecule has 0 atom stereocenters. The molecule has 0 unspecified atom stereocenters. The van der Waals surface area contributed by atoms with Crippen molar-refractivity contribution in [2.75, 3.05) is 26.1 Å². The molecule has 1 aromatic rings. The molecular weight excluding hydrogens is 220 g/mol. The van der Waals surface area contributed by atoms with E-state index in [1.807, 2.05) is 0 Å². The lowest BCUT2D eigenvalue weighted by molar-refractivity contribution is 0.0611. The summed E-state index contributed by atoms with van der Waals surface area (Å²) >= 11 is 1.12. The fourth-order valence-corrected chi connectivity index (χ4v) is 1.66. The van der Waals surface area contributed by atoms with Crippen molar-refractivity contribution in [1.29, 1.82) is 0 Å². The summed E-state index contributed by atoms with van der Waals surface area (Å²) in [6.45, 7) is 1.19. The first-order chi connectivity index (χ1) is 7.15. The van der Waals surface area contributed by atoms with Gasteiger partial charge in [0, 0.05) is 7.11 Å². The van der Waals surface area contributed by atoms with E-state index in [1.165, 1.54) is 0 Å². The van der Waals surface area contributed by atoms with Crippen LogP contribution in [0.1, 0.15) is 15.5 Å². The van der Waals surface area contributed by atoms with E-state index in [-0.39, 0.29) is 17.3 Å². The van der Waals surface area contributed by atoms with Crippen LogP contribution in [-0.4, -0.2) is 36.4 Å². The average molecular weight is 232 g/mol. The molecule has 0 aliphatic rings. The third-order valence-electron chi connectivity index (χ3n) is 1.56. The Balaban J connectivity index is 2.48. The number of aromatic nitrogens is 1. The molecule has 0 fully saturated rings. The number of hydrogen-bond donors (Lipinski definition) is 2. The van der Waals surface area contributed by atoms with Crippen molar-refractivity contribution in [1.82, 2.24) is 4.98 Å². The Labute approximate surface area is 90.6 Å². The van der Waals surface area contributed by atoms with Crippen LogP contribution in [0.5, 0.6) is 0 Å². The highest BCUT2D eigenvalue weighted by Crippen LogP contribution is 2.21. The Morgan fingerprint density at radius 3 is 2.87 bits per heavy atom. The third-order valence-corrected chi connectivity index (χ3v) is 2.42. The topological polar surface area (TPSA) is 94.7 Å². The minimum atomic E-state index is -1.12. The van der Waals surface area contributed by atoms with Crippen LogP contribution in [0.25, 0.3) is 0 Å². The summed E-state index contributed by atoms with van der Waals surface area (Å²) in [5.41, 5.74) is 5.36. The van der Waals surface area contributed by atoms with Gasteiger partial charge in [-0.05, 0) is 0 Å². The lowest BCUT2D eigenvalue weighted by Gasteiger charge is -1.99. The van der Waals surface area contributed by atoms with Gasteiger partial charge >= 0.3 is 5.97 Å². The molecule has 84 valence electrons. The first-order valence-corrected chi connectivity index (χ1v) is 5.02. The largest absolute Gasteiger partial charge is 0.476 e. The molecule has 7 heteroatoms. The molecule has 0 aliphatic heterocycles. The van der Waals surface area contributed by atoms with Crippen molar-refractivity contribution in [2.24, 2.45) is 0 Å². The number of hydrogen-bond acceptors (Lipinski definition) is 6. The summed E-state index contributed by atoms with van der Waals surface area (Å²) in [6, 6.07) is 0. The van der Waals surface area contributed by atoms with E-state index < -0.39 is 5.97 Å². The number of carboxylic acids is 1. The predicted octanol–water partition coefficient (Wildman–Crippen LogP) is 0.587. The van der Waals surface area contributed by atoms with Gasteiger partial charge < -0.3 is 20.3 Å². The SMILES string of the molecule is COCCOCc1nc(C(=O)O)c(N)s1. The number of ether oxygens (including phenoxy) is 2. The highest BCUT2D eigenvalue weighted by Gasteiger charge is 2.14. The van der Waals surface area contributed by atoms with Gasteiger partial charge in [0.25, 0.3) is 0 Å². The maximum atomic E-state index is 10.6. The van der Waals surface area contributed by atoms with Gasteiger partial charge in [-0.3, -0.25) is 0 Å². The minimum Gasteiger partial charge on any atom is -0.476 e. The molecule has 0 saturated carbocycles. The van der Waals surface area contributed by atoms with Crippen LogP contribution in [-0.2, 0) is 16.1 Å². The zero-order valence-electron chi connectivity index (χ0n) is 8.23. The van der Waals surface area contributed by atoms with E-state index >= 15 is 0 Å². The summed E-state index contributed by atoms with van der Waals surface area (Å²) in [5, 5.41) is 9.45. The van der Waals surface area contributed by atoms with Crippen molar-refractivity contribution in [2.45, 2.75) is 6.61 Å². The van der Waals surface area contributed by atoms with Crippen molar-refractivity contribution >= 4 is 22.3 Å². The number of carbonyl (C=O) groups is 1. The average Bonchev–Trinajstić information content (AvgIpc) is 2.55. The van der Waals surface area contributed by atoms with Crippen molar-refractivity contribution in [3.8, 4) is 0 Å². The summed E-state index contributed by atoms with van der Waals surface area (Å²) in [5.74, 6) is -1.12. The van der Waals surface area contributed by atoms with Crippen molar-refractivity contribution in [3.63, 3.8) is 0 Å². The number of carboxylic acid groups (broad SMARTS) is 1. The van der Waals surface area contributed by atoms with Gasteiger partial charge in [0.15, 0.2) is 5.69 Å². The molecule has 6 nitrogen and oxygen atoms in total. The molecule has 0 radical (unpaired) electrons. The van der Waals surface area contributed by atoms with Gasteiger partial charge in [0.05, 0.1) is 19.8 Å². The standard InChI is InChI=1S/C8H12N2O4S/c1-13-2-3-14-4-5-10-6(8(11)12)7(9)15-5/h2-4,9H2,1H3,(H,11,12). The maximum Gasteiger partial charge on any atom is 0.357 e. The molecule has 0 bridgehead atoms. The molecule has 0 aliphatic carbocycles. The minimum absolute atomic E-state index is 0.106. The Morgan fingerprint density at radius 1 is 1.60 bits per heavy atom. The first kappa shape index (κ1) is 11.9. The Morgan fingerprint density at radius 2 is 2.33 bits per heavy atom. The fraction of sp³-hybridized carbons (Fsp3) is 0.500.